The van der Waals surface area contributed by atoms with Crippen LogP contribution in [-0.4, -0.2) is 37.7 Å². The predicted octanol–water partition coefficient (Wildman–Crippen LogP) is 3.67. The Balaban J connectivity index is 0.00000182. The molecule has 1 aromatic heterocycles. The van der Waals surface area contributed by atoms with Crippen molar-refractivity contribution in [1.82, 2.24) is 10.3 Å². The number of nitrogens with one attached hydrogen (secondary N) is 2. The fourth-order valence-electron chi connectivity index (χ4n) is 3.05. The van der Waals surface area contributed by atoms with Gasteiger partial charge in [-0.15, -0.1) is 24.8 Å². The molecule has 2 heterocycles. The van der Waals surface area contributed by atoms with Gasteiger partial charge in [0, 0.05) is 31.1 Å². The standard InChI is InChI=1S/C19H23N3O3.2ClH/c1-24-14-19(8-11-20-12-9-19)18(23)22-15-5-4-6-16(13-15)25-17-7-2-3-10-21-17;;/h2-7,10,13,20H,8-9,11-12,14H2,1H3,(H,22,23);2*1H. The minimum atomic E-state index is -0.488. The maximum atomic E-state index is 12.9. The molecule has 0 unspecified atom stereocenters. The first-order valence-electron chi connectivity index (χ1n) is 8.42. The van der Waals surface area contributed by atoms with Gasteiger partial charge in [-0.2, -0.15) is 0 Å². The zero-order valence-electron chi connectivity index (χ0n) is 15.1. The van der Waals surface area contributed by atoms with Gasteiger partial charge in [0.2, 0.25) is 11.8 Å². The summed E-state index contributed by atoms with van der Waals surface area (Å²) in [7, 11) is 1.64. The van der Waals surface area contributed by atoms with Crippen molar-refractivity contribution in [3.05, 3.63) is 48.7 Å². The summed E-state index contributed by atoms with van der Waals surface area (Å²) in [6.07, 6.45) is 3.19. The van der Waals surface area contributed by atoms with E-state index in [9.17, 15) is 4.79 Å². The molecular weight excluding hydrogens is 389 g/mol. The van der Waals surface area contributed by atoms with Gasteiger partial charge in [-0.3, -0.25) is 4.79 Å². The lowest BCUT2D eigenvalue weighted by molar-refractivity contribution is -0.130. The molecule has 148 valence electrons. The average molecular weight is 414 g/mol. The molecule has 0 atom stereocenters. The molecule has 8 heteroatoms. The molecule has 6 nitrogen and oxygen atoms in total. The van der Waals surface area contributed by atoms with Crippen LogP contribution in [0.3, 0.4) is 0 Å². The van der Waals surface area contributed by atoms with E-state index in [0.29, 0.717) is 23.9 Å². The van der Waals surface area contributed by atoms with Crippen molar-refractivity contribution >= 4 is 36.4 Å². The number of hydrogen-bond donors (Lipinski definition) is 2. The normalized spacial score (nSPS) is 15.0. The van der Waals surface area contributed by atoms with Crippen LogP contribution in [0.4, 0.5) is 5.69 Å². The summed E-state index contributed by atoms with van der Waals surface area (Å²) in [4.78, 5) is 17.0. The number of anilines is 1. The van der Waals surface area contributed by atoms with Gasteiger partial charge in [-0.1, -0.05) is 12.1 Å². The minimum Gasteiger partial charge on any atom is -0.439 e. The molecule has 2 aromatic rings. The lowest BCUT2D eigenvalue weighted by Gasteiger charge is -2.35. The van der Waals surface area contributed by atoms with Crippen LogP contribution in [0.1, 0.15) is 12.8 Å². The van der Waals surface area contributed by atoms with Crippen LogP contribution in [0.25, 0.3) is 0 Å². The van der Waals surface area contributed by atoms with Crippen LogP contribution in [0.5, 0.6) is 11.6 Å². The SMILES string of the molecule is COCC1(C(=O)Nc2cccc(Oc3ccccn3)c2)CCNCC1.Cl.Cl. The largest absolute Gasteiger partial charge is 0.439 e. The van der Waals surface area contributed by atoms with E-state index in [2.05, 4.69) is 15.6 Å². The highest BCUT2D eigenvalue weighted by Gasteiger charge is 2.39. The quantitative estimate of drug-likeness (QED) is 0.755. The van der Waals surface area contributed by atoms with Crippen LogP contribution in [-0.2, 0) is 9.53 Å². The van der Waals surface area contributed by atoms with Gasteiger partial charge in [0.1, 0.15) is 5.75 Å². The van der Waals surface area contributed by atoms with Crippen LogP contribution in [0.15, 0.2) is 48.7 Å². The molecular formula is C19H25Cl2N3O3. The fraction of sp³-hybridized carbons (Fsp3) is 0.368. The second kappa shape index (κ2) is 11.1. The Kier molecular flexibility index (Phi) is 9.52. The molecule has 0 radical (unpaired) electrons. The third-order valence-corrected chi connectivity index (χ3v) is 4.42. The molecule has 1 aliphatic heterocycles. The third kappa shape index (κ3) is 6.07. The van der Waals surface area contributed by atoms with E-state index in [1.807, 2.05) is 30.3 Å². The number of carbonyl (C=O) groups excluding carboxylic acids is 1. The first-order valence-corrected chi connectivity index (χ1v) is 8.42. The van der Waals surface area contributed by atoms with Gasteiger partial charge in [-0.25, -0.2) is 4.98 Å². The predicted molar refractivity (Wildman–Crippen MR) is 110 cm³/mol. The second-order valence-electron chi connectivity index (χ2n) is 6.22. The zero-order chi connectivity index (χ0) is 17.5. The summed E-state index contributed by atoms with van der Waals surface area (Å²) < 4.78 is 11.0. The van der Waals surface area contributed by atoms with Crippen molar-refractivity contribution < 1.29 is 14.3 Å². The van der Waals surface area contributed by atoms with Crippen molar-refractivity contribution in [2.24, 2.45) is 5.41 Å². The number of ether oxygens (including phenoxy) is 2. The molecule has 0 spiro atoms. The second-order valence-corrected chi connectivity index (χ2v) is 6.22. The van der Waals surface area contributed by atoms with Crippen molar-refractivity contribution in [1.29, 1.82) is 0 Å². The Morgan fingerprint density at radius 2 is 1.96 bits per heavy atom. The Bertz CT molecular complexity index is 705. The molecule has 3 rings (SSSR count). The highest BCUT2D eigenvalue weighted by molar-refractivity contribution is 5.95. The van der Waals surface area contributed by atoms with E-state index in [1.54, 1.807) is 25.4 Å². The number of rotatable bonds is 6. The Labute approximate surface area is 171 Å². The van der Waals surface area contributed by atoms with E-state index >= 15 is 0 Å². The topological polar surface area (TPSA) is 72.5 Å². The number of piperidine rings is 1. The monoisotopic (exact) mass is 413 g/mol. The molecule has 0 saturated carbocycles. The van der Waals surface area contributed by atoms with Crippen LogP contribution >= 0.6 is 24.8 Å². The first-order chi connectivity index (χ1) is 12.2. The summed E-state index contributed by atoms with van der Waals surface area (Å²) in [6, 6.07) is 12.8. The number of carbonyl (C=O) groups is 1. The minimum absolute atomic E-state index is 0. The molecule has 2 N–H and O–H groups in total. The summed E-state index contributed by atoms with van der Waals surface area (Å²) in [5.41, 5.74) is 0.213. The molecule has 1 aliphatic rings. The Hall–Kier alpha value is -1.86. The fourth-order valence-corrected chi connectivity index (χ4v) is 3.05. The lowest BCUT2D eigenvalue weighted by Crippen LogP contribution is -2.47. The van der Waals surface area contributed by atoms with E-state index in [0.717, 1.165) is 25.9 Å². The number of methoxy groups -OCH3 is 1. The van der Waals surface area contributed by atoms with Crippen molar-refractivity contribution in [3.8, 4) is 11.6 Å². The van der Waals surface area contributed by atoms with Gasteiger partial charge in [0.05, 0.1) is 12.0 Å². The molecule has 0 bridgehead atoms. The number of hydrogen-bond acceptors (Lipinski definition) is 5. The highest BCUT2D eigenvalue weighted by atomic mass is 35.5. The molecule has 1 aromatic carbocycles. The molecule has 27 heavy (non-hydrogen) atoms. The van der Waals surface area contributed by atoms with Crippen molar-refractivity contribution in [2.45, 2.75) is 12.8 Å². The molecule has 1 amide bonds. The zero-order valence-corrected chi connectivity index (χ0v) is 16.8. The van der Waals surface area contributed by atoms with Gasteiger partial charge in [0.15, 0.2) is 0 Å². The third-order valence-electron chi connectivity index (χ3n) is 4.42. The number of pyridine rings is 1. The van der Waals surface area contributed by atoms with Gasteiger partial charge in [-0.05, 0) is 44.1 Å². The Morgan fingerprint density at radius 3 is 2.63 bits per heavy atom. The van der Waals surface area contributed by atoms with Gasteiger partial charge < -0.3 is 20.1 Å². The molecule has 1 fully saturated rings. The maximum absolute atomic E-state index is 12.9. The van der Waals surface area contributed by atoms with Gasteiger partial charge in [0.25, 0.3) is 0 Å². The van der Waals surface area contributed by atoms with Crippen LogP contribution in [0, 0.1) is 5.41 Å². The summed E-state index contributed by atoms with van der Waals surface area (Å²) in [6.45, 7) is 2.06. The maximum Gasteiger partial charge on any atom is 0.233 e. The van der Waals surface area contributed by atoms with E-state index in [4.69, 9.17) is 9.47 Å². The van der Waals surface area contributed by atoms with E-state index in [1.165, 1.54) is 0 Å². The van der Waals surface area contributed by atoms with Crippen LogP contribution in [0.2, 0.25) is 0 Å². The number of aromatic nitrogens is 1. The highest BCUT2D eigenvalue weighted by Crippen LogP contribution is 2.31. The Morgan fingerprint density at radius 1 is 1.19 bits per heavy atom. The lowest BCUT2D eigenvalue weighted by atomic mass is 9.78. The summed E-state index contributed by atoms with van der Waals surface area (Å²) in [5.74, 6) is 1.13. The van der Waals surface area contributed by atoms with E-state index in [-0.39, 0.29) is 30.7 Å². The summed E-state index contributed by atoms with van der Waals surface area (Å²) >= 11 is 0. The van der Waals surface area contributed by atoms with Crippen LogP contribution < -0.4 is 15.4 Å². The number of benzene rings is 1. The van der Waals surface area contributed by atoms with E-state index < -0.39 is 5.41 Å². The summed E-state index contributed by atoms with van der Waals surface area (Å²) in [5, 5.41) is 6.31. The van der Waals surface area contributed by atoms with Crippen molar-refractivity contribution in [3.63, 3.8) is 0 Å². The smallest absolute Gasteiger partial charge is 0.233 e. The average Bonchev–Trinajstić information content (AvgIpc) is 2.64. The van der Waals surface area contributed by atoms with Crippen molar-refractivity contribution in [2.75, 3.05) is 32.1 Å². The molecule has 0 aliphatic carbocycles. The molecule has 1 saturated heterocycles. The van der Waals surface area contributed by atoms with Gasteiger partial charge >= 0.3 is 0 Å². The number of nitrogens with zero attached hydrogens (tertiary/aromatic N) is 1. The number of halogens is 2. The number of amides is 1. The first kappa shape index (κ1) is 23.2.